The molecule has 564 valence electrons. The highest BCUT2D eigenvalue weighted by atomic mass is 16.5. The Balaban J connectivity index is 0.977. The molecule has 16 aromatic carbocycles. The zero-order valence-electron chi connectivity index (χ0n) is 67.9. The first kappa shape index (κ1) is 71.4. The predicted molar refractivity (Wildman–Crippen MR) is 489 cm³/mol. The minimum atomic E-state index is -0.815. The Kier molecular flexibility index (Phi) is 16.4. The third kappa shape index (κ3) is 11.2. The van der Waals surface area contributed by atoms with Gasteiger partial charge >= 0.3 is 0 Å². The molecule has 5 nitrogen and oxygen atoms in total. The second kappa shape index (κ2) is 26.8. The van der Waals surface area contributed by atoms with Gasteiger partial charge in [0.25, 0.3) is 6.71 Å². The molecule has 117 heavy (non-hydrogen) atoms. The number of para-hydroxylation sites is 4. The molecule has 5 aliphatic rings. The first-order chi connectivity index (χ1) is 56.8. The SMILES string of the molecule is CC(C)(C)c1cc(-c2ccccc2)c(N2c3cc4c(cc3B3c5cc6c(cc5N(c5c(-c7ccccc7)cc(C(C)(C)C)cc5-c5ccccc5)c5cc(-c7ccc8c(c7)C(c7ccccc7)(c7ccccc7)c7ccccc7N8c7ccccc7)cc2c53)Oc2ccccc2C6(C)C)C(C)(C)c2ccccc2O4)c(-c2ccccc2)c1. The van der Waals surface area contributed by atoms with Gasteiger partial charge in [0.1, 0.15) is 23.0 Å². The standard InChI is InChI=1S/C111H90BN3O2/c1-107(2,3)79-63-82(71-38-18-11-19-39-71)105(83(64-79)72-40-20-12-21-41-72)114-96-69-102-90(109(7,8)87-53-33-36-56-100(87)116-102)67-92(96)112-93-68-91-103(117-101-57-37-34-54-88(101)110(91,9)10)70-97(93)115(106-84(73-42-22-13-23-43-73)65-80(108(4,5)6)66-85(106)74-44-24-14-25-45-74)99-62-76(61-98(114)104(99)112)75-58-59-95-89(60-75)111(77-46-26-15-27-47-77,78-48-28-16-29-49-78)86-52-32-35-55-94(86)113(95)81-50-30-17-31-51-81/h11-70H,1-10H3. The summed E-state index contributed by atoms with van der Waals surface area (Å²) < 4.78 is 15.0. The van der Waals surface area contributed by atoms with Gasteiger partial charge in [-0.25, -0.2) is 0 Å². The largest absolute Gasteiger partial charge is 0.457 e. The third-order valence-corrected chi connectivity index (χ3v) is 25.9. The van der Waals surface area contributed by atoms with E-state index in [0.717, 1.165) is 158 Å². The number of ether oxygens (including phenoxy) is 2. The summed E-state index contributed by atoms with van der Waals surface area (Å²) in [6, 6.07) is 137. The fourth-order valence-electron chi connectivity index (χ4n) is 20.0. The monoisotopic (exact) mass is 1510 g/mol. The van der Waals surface area contributed by atoms with Gasteiger partial charge in [0.15, 0.2) is 0 Å². The van der Waals surface area contributed by atoms with Crippen LogP contribution in [0.25, 0.3) is 55.6 Å². The molecule has 5 aliphatic heterocycles. The molecule has 0 aliphatic carbocycles. The van der Waals surface area contributed by atoms with Gasteiger partial charge in [0.05, 0.1) is 28.2 Å². The van der Waals surface area contributed by atoms with Crippen LogP contribution in [0.15, 0.2) is 364 Å². The normalized spacial score (nSPS) is 14.7. The first-order valence-electron chi connectivity index (χ1n) is 41.3. The molecule has 16 aromatic rings. The van der Waals surface area contributed by atoms with Gasteiger partial charge in [-0.3, -0.25) is 0 Å². The van der Waals surface area contributed by atoms with Crippen molar-refractivity contribution in [2.24, 2.45) is 0 Å². The molecule has 0 fully saturated rings. The van der Waals surface area contributed by atoms with Crippen LogP contribution in [0.1, 0.15) is 125 Å². The van der Waals surface area contributed by atoms with Crippen molar-refractivity contribution in [3.05, 3.63) is 420 Å². The molecule has 0 aromatic heterocycles. The van der Waals surface area contributed by atoms with E-state index in [4.69, 9.17) is 9.47 Å². The average Bonchev–Trinajstić information content (AvgIpc) is 0.679. The Morgan fingerprint density at radius 2 is 0.607 bits per heavy atom. The molecule has 0 saturated heterocycles. The summed E-state index contributed by atoms with van der Waals surface area (Å²) in [5, 5.41) is 0. The lowest BCUT2D eigenvalue weighted by molar-refractivity contribution is 0.418. The van der Waals surface area contributed by atoms with E-state index in [-0.39, 0.29) is 17.5 Å². The van der Waals surface area contributed by atoms with Crippen LogP contribution in [0.3, 0.4) is 0 Å². The smallest absolute Gasteiger partial charge is 0.252 e. The lowest BCUT2D eigenvalue weighted by atomic mass is 9.33. The number of hydrogen-bond donors (Lipinski definition) is 0. The summed E-state index contributed by atoms with van der Waals surface area (Å²) in [4.78, 5) is 7.91. The fraction of sp³-hybridized carbons (Fsp3) is 0.135. The second-order valence-corrected chi connectivity index (χ2v) is 35.5. The van der Waals surface area contributed by atoms with Gasteiger partial charge in [0.2, 0.25) is 0 Å². The van der Waals surface area contributed by atoms with Gasteiger partial charge < -0.3 is 24.2 Å². The van der Waals surface area contributed by atoms with Gasteiger partial charge in [-0.05, 0) is 173 Å². The van der Waals surface area contributed by atoms with Crippen molar-refractivity contribution in [1.29, 1.82) is 0 Å². The minimum Gasteiger partial charge on any atom is -0.457 e. The summed E-state index contributed by atoms with van der Waals surface area (Å²) in [6.45, 7) is 23.3. The minimum absolute atomic E-state index is 0.254. The number of anilines is 9. The van der Waals surface area contributed by atoms with Crippen LogP contribution in [-0.4, -0.2) is 6.71 Å². The first-order valence-corrected chi connectivity index (χ1v) is 41.3. The Hall–Kier alpha value is -13.4. The van der Waals surface area contributed by atoms with Crippen LogP contribution in [0.2, 0.25) is 0 Å². The lowest BCUT2D eigenvalue weighted by Crippen LogP contribution is -2.62. The van der Waals surface area contributed by atoms with E-state index in [1.807, 2.05) is 0 Å². The van der Waals surface area contributed by atoms with Crippen LogP contribution >= 0.6 is 0 Å². The van der Waals surface area contributed by atoms with E-state index in [2.05, 4.69) is 448 Å². The van der Waals surface area contributed by atoms with E-state index in [1.54, 1.807) is 0 Å². The summed E-state index contributed by atoms with van der Waals surface area (Å²) in [5.41, 5.74) is 33.7. The Bertz CT molecular complexity index is 6200. The summed E-state index contributed by atoms with van der Waals surface area (Å²) in [6.07, 6.45) is 0. The zero-order valence-corrected chi connectivity index (χ0v) is 67.9. The summed E-state index contributed by atoms with van der Waals surface area (Å²) >= 11 is 0. The summed E-state index contributed by atoms with van der Waals surface area (Å²) in [7, 11) is 0. The number of benzene rings is 16. The molecule has 6 heteroatoms. The molecule has 0 atom stereocenters. The molecule has 0 N–H and O–H groups in total. The third-order valence-electron chi connectivity index (χ3n) is 25.9. The van der Waals surface area contributed by atoms with Crippen LogP contribution in [0, 0.1) is 0 Å². The van der Waals surface area contributed by atoms with Gasteiger partial charge in [-0.15, -0.1) is 0 Å². The molecule has 21 rings (SSSR count). The van der Waals surface area contributed by atoms with Crippen LogP contribution in [0.4, 0.5) is 51.2 Å². The molecule has 0 saturated carbocycles. The van der Waals surface area contributed by atoms with Crippen LogP contribution in [-0.2, 0) is 27.1 Å². The highest BCUT2D eigenvalue weighted by Gasteiger charge is 2.51. The molecular formula is C111H90BN3O2. The quantitative estimate of drug-likeness (QED) is 0.127. The second-order valence-electron chi connectivity index (χ2n) is 35.5. The van der Waals surface area contributed by atoms with Crippen LogP contribution in [0.5, 0.6) is 23.0 Å². The van der Waals surface area contributed by atoms with Crippen molar-refractivity contribution >= 4 is 74.3 Å². The maximum absolute atomic E-state index is 7.52. The maximum Gasteiger partial charge on any atom is 0.252 e. The van der Waals surface area contributed by atoms with E-state index in [9.17, 15) is 0 Å². The Morgan fingerprint density at radius 1 is 0.256 bits per heavy atom. The fourth-order valence-corrected chi connectivity index (χ4v) is 20.0. The van der Waals surface area contributed by atoms with E-state index in [1.165, 1.54) is 44.2 Å². The highest BCUT2D eigenvalue weighted by molar-refractivity contribution is 7.00. The van der Waals surface area contributed by atoms with Crippen molar-refractivity contribution in [3.63, 3.8) is 0 Å². The Morgan fingerprint density at radius 3 is 1.01 bits per heavy atom. The maximum atomic E-state index is 7.52. The van der Waals surface area contributed by atoms with Crippen molar-refractivity contribution in [2.75, 3.05) is 14.7 Å². The average molecular weight is 1510 g/mol. The number of nitrogens with zero attached hydrogens (tertiary/aromatic N) is 3. The van der Waals surface area contributed by atoms with Gasteiger partial charge in [-0.2, -0.15) is 0 Å². The molecule has 0 amide bonds. The molecule has 0 bridgehead atoms. The zero-order chi connectivity index (χ0) is 79.4. The van der Waals surface area contributed by atoms with Crippen molar-refractivity contribution in [3.8, 4) is 78.6 Å². The van der Waals surface area contributed by atoms with Gasteiger partial charge in [-0.1, -0.05) is 342 Å². The van der Waals surface area contributed by atoms with Crippen LogP contribution < -0.4 is 40.6 Å². The molecular weight excluding hydrogens is 1420 g/mol. The lowest BCUT2D eigenvalue weighted by Gasteiger charge is -2.48. The van der Waals surface area contributed by atoms with Crippen molar-refractivity contribution in [1.82, 2.24) is 0 Å². The summed E-state index contributed by atoms with van der Waals surface area (Å²) in [5.74, 6) is 3.40. The molecule has 0 unspecified atom stereocenters. The van der Waals surface area contributed by atoms with Gasteiger partial charge in [0, 0.05) is 95.9 Å². The van der Waals surface area contributed by atoms with E-state index in [0.29, 0.717) is 0 Å². The number of fused-ring (bicyclic) bond motifs is 10. The molecule has 0 radical (unpaired) electrons. The molecule has 5 heterocycles. The molecule has 0 spiro atoms. The predicted octanol–water partition coefficient (Wildman–Crippen LogP) is 27.7. The van der Waals surface area contributed by atoms with E-state index < -0.39 is 16.2 Å². The van der Waals surface area contributed by atoms with E-state index >= 15 is 0 Å². The van der Waals surface area contributed by atoms with Crippen molar-refractivity contribution < 1.29 is 9.47 Å². The topological polar surface area (TPSA) is 28.2 Å². The number of rotatable bonds is 10. The Labute approximate surface area is 688 Å². The number of hydrogen-bond acceptors (Lipinski definition) is 5. The highest BCUT2D eigenvalue weighted by Crippen LogP contribution is 2.62. The van der Waals surface area contributed by atoms with Crippen molar-refractivity contribution in [2.45, 2.75) is 96.3 Å².